The van der Waals surface area contributed by atoms with Gasteiger partial charge < -0.3 is 9.80 Å². The van der Waals surface area contributed by atoms with Gasteiger partial charge in [0.1, 0.15) is 17.5 Å². The lowest BCUT2D eigenvalue weighted by atomic mass is 9.96. The van der Waals surface area contributed by atoms with E-state index in [1.165, 1.54) is 34.4 Å². The molecule has 172 valence electrons. The lowest BCUT2D eigenvalue weighted by molar-refractivity contribution is 0.0746. The van der Waals surface area contributed by atoms with Crippen LogP contribution in [0.4, 0.5) is 10.2 Å². The molecule has 1 aromatic heterocycles. The van der Waals surface area contributed by atoms with Crippen LogP contribution in [-0.2, 0) is 12.8 Å². The minimum absolute atomic E-state index is 0.0571. The summed E-state index contributed by atoms with van der Waals surface area (Å²) in [5, 5.41) is 0. The molecule has 1 fully saturated rings. The standard InChI is InChI=1S/C27H31FN4O/c1-5-25-24(17-22-16-18(2)6-7-19(22)3)26(30-20(4)29-25)31-12-14-32(15-13-31)27(33)21-8-10-23(28)11-9-21/h6-11,16H,5,12-15,17H2,1-4H3. The predicted octanol–water partition coefficient (Wildman–Crippen LogP) is 4.66. The minimum atomic E-state index is -0.335. The van der Waals surface area contributed by atoms with E-state index < -0.39 is 0 Å². The van der Waals surface area contributed by atoms with E-state index in [4.69, 9.17) is 9.97 Å². The Kier molecular flexibility index (Phi) is 6.72. The highest BCUT2D eigenvalue weighted by atomic mass is 19.1. The summed E-state index contributed by atoms with van der Waals surface area (Å²) in [6, 6.07) is 12.3. The number of piperazine rings is 1. The molecular formula is C27H31FN4O. The van der Waals surface area contributed by atoms with Gasteiger partial charge in [0.25, 0.3) is 5.91 Å². The number of hydrogen-bond donors (Lipinski definition) is 0. The molecule has 5 nitrogen and oxygen atoms in total. The number of anilines is 1. The van der Waals surface area contributed by atoms with Crippen molar-refractivity contribution >= 4 is 11.7 Å². The SMILES string of the molecule is CCc1nc(C)nc(N2CCN(C(=O)c3ccc(F)cc3)CC2)c1Cc1cc(C)ccc1C. The van der Waals surface area contributed by atoms with Gasteiger partial charge in [0.2, 0.25) is 0 Å². The highest BCUT2D eigenvalue weighted by Gasteiger charge is 2.26. The molecule has 1 amide bonds. The number of carbonyl (C=O) groups is 1. The van der Waals surface area contributed by atoms with Crippen LogP contribution < -0.4 is 4.90 Å². The predicted molar refractivity (Wildman–Crippen MR) is 129 cm³/mol. The number of carbonyl (C=O) groups excluding carboxylic acids is 1. The Labute approximate surface area is 195 Å². The number of aryl methyl sites for hydroxylation is 4. The smallest absolute Gasteiger partial charge is 0.253 e. The van der Waals surface area contributed by atoms with Crippen LogP contribution in [0.5, 0.6) is 0 Å². The quantitative estimate of drug-likeness (QED) is 0.572. The third-order valence-electron chi connectivity index (χ3n) is 6.35. The van der Waals surface area contributed by atoms with Gasteiger partial charge in [0, 0.05) is 49.4 Å². The van der Waals surface area contributed by atoms with Gasteiger partial charge in [0.15, 0.2) is 0 Å². The van der Waals surface area contributed by atoms with Gasteiger partial charge in [0.05, 0.1) is 0 Å². The minimum Gasteiger partial charge on any atom is -0.353 e. The number of amides is 1. The first kappa shape index (κ1) is 22.9. The van der Waals surface area contributed by atoms with Gasteiger partial charge in [-0.05, 0) is 62.6 Å². The van der Waals surface area contributed by atoms with Crippen molar-refractivity contribution in [3.63, 3.8) is 0 Å². The number of benzene rings is 2. The molecule has 4 rings (SSSR count). The number of hydrogen-bond acceptors (Lipinski definition) is 4. The molecule has 0 spiro atoms. The molecule has 6 heteroatoms. The van der Waals surface area contributed by atoms with Crippen molar-refractivity contribution in [2.45, 2.75) is 40.5 Å². The molecule has 0 N–H and O–H groups in total. The lowest BCUT2D eigenvalue weighted by Gasteiger charge is -2.36. The summed E-state index contributed by atoms with van der Waals surface area (Å²) in [6.45, 7) is 10.9. The summed E-state index contributed by atoms with van der Waals surface area (Å²) in [7, 11) is 0. The summed E-state index contributed by atoms with van der Waals surface area (Å²) >= 11 is 0. The molecule has 33 heavy (non-hydrogen) atoms. The van der Waals surface area contributed by atoms with E-state index in [2.05, 4.69) is 43.9 Å². The Bertz CT molecular complexity index is 1150. The number of nitrogens with zero attached hydrogens (tertiary/aromatic N) is 4. The maximum Gasteiger partial charge on any atom is 0.253 e. The zero-order valence-electron chi connectivity index (χ0n) is 19.9. The third kappa shape index (κ3) is 5.05. The average molecular weight is 447 g/mol. The molecule has 0 bridgehead atoms. The van der Waals surface area contributed by atoms with Crippen LogP contribution in [0, 0.1) is 26.6 Å². The molecular weight excluding hydrogens is 415 g/mol. The molecule has 0 aliphatic carbocycles. The van der Waals surface area contributed by atoms with Crippen molar-refractivity contribution in [1.82, 2.24) is 14.9 Å². The first-order chi connectivity index (χ1) is 15.9. The van der Waals surface area contributed by atoms with Gasteiger partial charge in [-0.1, -0.05) is 30.7 Å². The number of aromatic nitrogens is 2. The zero-order valence-corrected chi connectivity index (χ0v) is 19.9. The Morgan fingerprint density at radius 1 is 0.970 bits per heavy atom. The van der Waals surface area contributed by atoms with E-state index in [0.717, 1.165) is 30.2 Å². The average Bonchev–Trinajstić information content (AvgIpc) is 2.82. The highest BCUT2D eigenvalue weighted by molar-refractivity contribution is 5.94. The molecule has 1 aliphatic heterocycles. The van der Waals surface area contributed by atoms with E-state index in [1.54, 1.807) is 12.1 Å². The van der Waals surface area contributed by atoms with Gasteiger partial charge in [-0.25, -0.2) is 14.4 Å². The van der Waals surface area contributed by atoms with E-state index in [0.29, 0.717) is 31.7 Å². The monoisotopic (exact) mass is 446 g/mol. The number of halogens is 1. The van der Waals surface area contributed by atoms with Crippen molar-refractivity contribution in [1.29, 1.82) is 0 Å². The summed E-state index contributed by atoms with van der Waals surface area (Å²) in [5.74, 6) is 1.36. The van der Waals surface area contributed by atoms with E-state index in [-0.39, 0.29) is 11.7 Å². The molecule has 0 atom stereocenters. The van der Waals surface area contributed by atoms with Gasteiger partial charge in [-0.3, -0.25) is 4.79 Å². The fraction of sp³-hybridized carbons (Fsp3) is 0.370. The maximum atomic E-state index is 13.2. The second kappa shape index (κ2) is 9.69. The lowest BCUT2D eigenvalue weighted by Crippen LogP contribution is -2.49. The fourth-order valence-electron chi connectivity index (χ4n) is 4.45. The molecule has 1 aliphatic rings. The second-order valence-electron chi connectivity index (χ2n) is 8.77. The Balaban J connectivity index is 1.57. The van der Waals surface area contributed by atoms with Crippen LogP contribution in [-0.4, -0.2) is 47.0 Å². The van der Waals surface area contributed by atoms with Crippen LogP contribution >= 0.6 is 0 Å². The maximum absolute atomic E-state index is 13.2. The number of rotatable bonds is 5. The first-order valence-electron chi connectivity index (χ1n) is 11.6. The topological polar surface area (TPSA) is 49.3 Å². The van der Waals surface area contributed by atoms with Gasteiger partial charge in [-0.2, -0.15) is 0 Å². The van der Waals surface area contributed by atoms with E-state index in [9.17, 15) is 9.18 Å². The molecule has 2 heterocycles. The van der Waals surface area contributed by atoms with Crippen LogP contribution in [0.2, 0.25) is 0 Å². The van der Waals surface area contributed by atoms with Crippen LogP contribution in [0.3, 0.4) is 0 Å². The summed E-state index contributed by atoms with van der Waals surface area (Å²) < 4.78 is 13.2. The Morgan fingerprint density at radius 2 is 1.67 bits per heavy atom. The van der Waals surface area contributed by atoms with Crippen LogP contribution in [0.1, 0.15) is 51.1 Å². The molecule has 0 unspecified atom stereocenters. The van der Waals surface area contributed by atoms with Crippen LogP contribution in [0.25, 0.3) is 0 Å². The van der Waals surface area contributed by atoms with Crippen molar-refractivity contribution in [3.8, 4) is 0 Å². The zero-order chi connectivity index (χ0) is 23.5. The molecule has 2 aromatic carbocycles. The fourth-order valence-corrected chi connectivity index (χ4v) is 4.45. The summed E-state index contributed by atoms with van der Waals surface area (Å²) in [6.07, 6.45) is 1.64. The van der Waals surface area contributed by atoms with Gasteiger partial charge in [-0.15, -0.1) is 0 Å². The molecule has 0 saturated carbocycles. The van der Waals surface area contributed by atoms with Crippen molar-refractivity contribution in [2.75, 3.05) is 31.1 Å². The largest absolute Gasteiger partial charge is 0.353 e. The van der Waals surface area contributed by atoms with Crippen molar-refractivity contribution < 1.29 is 9.18 Å². The Hall–Kier alpha value is -3.28. The molecule has 3 aromatic rings. The van der Waals surface area contributed by atoms with E-state index in [1.807, 2.05) is 11.8 Å². The van der Waals surface area contributed by atoms with Crippen LogP contribution in [0.15, 0.2) is 42.5 Å². The summed E-state index contributed by atoms with van der Waals surface area (Å²) in [4.78, 5) is 26.6. The van der Waals surface area contributed by atoms with Crippen molar-refractivity contribution in [3.05, 3.63) is 87.6 Å². The second-order valence-corrected chi connectivity index (χ2v) is 8.77. The van der Waals surface area contributed by atoms with E-state index >= 15 is 0 Å². The Morgan fingerprint density at radius 3 is 2.33 bits per heavy atom. The summed E-state index contributed by atoms with van der Waals surface area (Å²) in [5.41, 5.74) is 6.59. The van der Waals surface area contributed by atoms with Crippen molar-refractivity contribution in [2.24, 2.45) is 0 Å². The highest BCUT2D eigenvalue weighted by Crippen LogP contribution is 2.27. The molecule has 1 saturated heterocycles. The molecule has 0 radical (unpaired) electrons. The third-order valence-corrected chi connectivity index (χ3v) is 6.35. The first-order valence-corrected chi connectivity index (χ1v) is 11.6. The van der Waals surface area contributed by atoms with Gasteiger partial charge >= 0.3 is 0 Å². The normalized spacial score (nSPS) is 14.0.